The Balaban J connectivity index is 2.01. The van der Waals surface area contributed by atoms with E-state index in [1.165, 1.54) is 29.9 Å². The molecule has 27 heavy (non-hydrogen) atoms. The maximum Gasteiger partial charge on any atom is 0.330 e. The molecule has 7 nitrogen and oxygen atoms in total. The molecule has 1 amide bonds. The largest absolute Gasteiger partial charge is 0.330 e. The van der Waals surface area contributed by atoms with E-state index >= 15 is 0 Å². The number of carbonyl (C=O) groups excluding carboxylic acids is 1. The van der Waals surface area contributed by atoms with Crippen molar-refractivity contribution in [2.45, 2.75) is 19.0 Å². The Bertz CT molecular complexity index is 995. The van der Waals surface area contributed by atoms with Gasteiger partial charge in [0, 0.05) is 32.9 Å². The number of halogens is 2. The molecule has 1 saturated heterocycles. The Labute approximate surface area is 160 Å². The zero-order chi connectivity index (χ0) is 19.7. The van der Waals surface area contributed by atoms with Crippen LogP contribution in [0.4, 0.5) is 4.39 Å². The molecular formula is C18H20ClFN4O3. The quantitative estimate of drug-likeness (QED) is 0.835. The van der Waals surface area contributed by atoms with Crippen LogP contribution in [-0.4, -0.2) is 39.1 Å². The monoisotopic (exact) mass is 394 g/mol. The topological polar surface area (TPSA) is 76.3 Å². The van der Waals surface area contributed by atoms with Crippen molar-refractivity contribution in [2.24, 2.45) is 14.1 Å². The van der Waals surface area contributed by atoms with Crippen molar-refractivity contribution >= 4 is 17.5 Å². The molecule has 1 aromatic carbocycles. The van der Waals surface area contributed by atoms with E-state index in [1.807, 2.05) is 0 Å². The predicted octanol–water partition coefficient (Wildman–Crippen LogP) is 0.881. The number of nitrogens with zero attached hydrogens (tertiary/aromatic N) is 3. The summed E-state index contributed by atoms with van der Waals surface area (Å²) in [5, 5.41) is 3.21. The number of benzene rings is 1. The van der Waals surface area contributed by atoms with Crippen LogP contribution in [0.5, 0.6) is 0 Å². The van der Waals surface area contributed by atoms with Gasteiger partial charge in [-0.3, -0.25) is 14.2 Å². The van der Waals surface area contributed by atoms with E-state index in [9.17, 15) is 18.8 Å². The first-order chi connectivity index (χ1) is 12.8. The summed E-state index contributed by atoms with van der Waals surface area (Å²) in [7, 11) is 2.94. The summed E-state index contributed by atoms with van der Waals surface area (Å²) in [5.74, 6) is -0.915. The molecule has 1 atom stereocenters. The van der Waals surface area contributed by atoms with Crippen LogP contribution >= 0.6 is 11.6 Å². The van der Waals surface area contributed by atoms with Gasteiger partial charge in [0.25, 0.3) is 11.5 Å². The van der Waals surface area contributed by atoms with E-state index in [4.69, 9.17) is 11.6 Å². The van der Waals surface area contributed by atoms with Crippen LogP contribution < -0.4 is 16.6 Å². The molecule has 1 aromatic heterocycles. The molecule has 9 heteroatoms. The second kappa shape index (κ2) is 7.66. The highest BCUT2D eigenvalue weighted by atomic mass is 35.5. The molecule has 1 aliphatic heterocycles. The van der Waals surface area contributed by atoms with E-state index in [0.29, 0.717) is 12.1 Å². The minimum atomic E-state index is -0.530. The highest BCUT2D eigenvalue weighted by Gasteiger charge is 2.29. The van der Waals surface area contributed by atoms with E-state index in [1.54, 1.807) is 11.9 Å². The standard InChI is InChI=1S/C18H20ClFN4O3/c1-22-9-11(16(25)23(2)18(22)27)10-24(13-5-6-21-8-13)17(26)14-4-3-12(20)7-15(14)19/h3-4,7,9,13,21H,5-6,8,10H2,1-2H3/t13-/m0/s1. The Hall–Kier alpha value is -2.45. The van der Waals surface area contributed by atoms with E-state index < -0.39 is 17.1 Å². The van der Waals surface area contributed by atoms with Crippen molar-refractivity contribution in [3.63, 3.8) is 0 Å². The SMILES string of the molecule is Cn1cc(CN(C(=O)c2ccc(F)cc2Cl)[C@H]2CCNC2)c(=O)n(C)c1=O. The minimum Gasteiger partial charge on any atom is -0.330 e. The molecule has 2 heterocycles. The number of aromatic nitrogens is 2. The van der Waals surface area contributed by atoms with Crippen molar-refractivity contribution < 1.29 is 9.18 Å². The van der Waals surface area contributed by atoms with Gasteiger partial charge in [0.2, 0.25) is 0 Å². The van der Waals surface area contributed by atoms with Gasteiger partial charge in [0.1, 0.15) is 5.82 Å². The van der Waals surface area contributed by atoms with Crippen molar-refractivity contribution in [1.29, 1.82) is 0 Å². The highest BCUT2D eigenvalue weighted by Crippen LogP contribution is 2.22. The Morgan fingerprint density at radius 1 is 1.37 bits per heavy atom. The van der Waals surface area contributed by atoms with Crippen molar-refractivity contribution in [3.05, 3.63) is 67.2 Å². The molecule has 144 valence electrons. The first-order valence-corrected chi connectivity index (χ1v) is 8.89. The molecule has 1 fully saturated rings. The molecule has 0 spiro atoms. The molecule has 1 aliphatic rings. The second-order valence-electron chi connectivity index (χ2n) is 6.62. The number of carbonyl (C=O) groups is 1. The number of aryl methyl sites for hydroxylation is 1. The van der Waals surface area contributed by atoms with Gasteiger partial charge in [0.15, 0.2) is 0 Å². The van der Waals surface area contributed by atoms with E-state index in [-0.39, 0.29) is 29.1 Å². The summed E-state index contributed by atoms with van der Waals surface area (Å²) in [6, 6.07) is 3.47. The number of amides is 1. The molecule has 0 bridgehead atoms. The lowest BCUT2D eigenvalue weighted by Crippen LogP contribution is -2.45. The normalized spacial score (nSPS) is 16.5. The predicted molar refractivity (Wildman–Crippen MR) is 99.5 cm³/mol. The van der Waals surface area contributed by atoms with Gasteiger partial charge in [-0.25, -0.2) is 9.18 Å². The van der Waals surface area contributed by atoms with Crippen LogP contribution in [0, 0.1) is 5.82 Å². The third-order valence-electron chi connectivity index (χ3n) is 4.76. The fourth-order valence-corrected chi connectivity index (χ4v) is 3.51. The number of rotatable bonds is 4. The summed E-state index contributed by atoms with van der Waals surface area (Å²) < 4.78 is 15.7. The van der Waals surface area contributed by atoms with Crippen LogP contribution in [0.1, 0.15) is 22.3 Å². The lowest BCUT2D eigenvalue weighted by atomic mass is 10.1. The summed E-state index contributed by atoms with van der Waals surface area (Å²) in [6.07, 6.45) is 2.16. The van der Waals surface area contributed by atoms with E-state index in [0.717, 1.165) is 23.6 Å². The average molecular weight is 395 g/mol. The molecule has 0 saturated carbocycles. The Morgan fingerprint density at radius 2 is 2.11 bits per heavy atom. The third kappa shape index (κ3) is 3.81. The van der Waals surface area contributed by atoms with E-state index in [2.05, 4.69) is 5.32 Å². The third-order valence-corrected chi connectivity index (χ3v) is 5.07. The maximum atomic E-state index is 13.3. The van der Waals surface area contributed by atoms with Gasteiger partial charge < -0.3 is 14.8 Å². The van der Waals surface area contributed by atoms with Crippen molar-refractivity contribution in [1.82, 2.24) is 19.4 Å². The molecule has 0 radical (unpaired) electrons. The summed E-state index contributed by atoms with van der Waals surface area (Å²) in [5.41, 5.74) is -0.400. The molecular weight excluding hydrogens is 375 g/mol. The Kier molecular flexibility index (Phi) is 5.48. The lowest BCUT2D eigenvalue weighted by molar-refractivity contribution is 0.0674. The second-order valence-corrected chi connectivity index (χ2v) is 7.02. The summed E-state index contributed by atoms with van der Waals surface area (Å²) in [6.45, 7) is 1.35. The van der Waals surface area contributed by atoms with Gasteiger partial charge in [-0.1, -0.05) is 11.6 Å². The van der Waals surface area contributed by atoms with Crippen LogP contribution in [0.15, 0.2) is 34.0 Å². The summed E-state index contributed by atoms with van der Waals surface area (Å²) in [4.78, 5) is 39.1. The maximum absolute atomic E-state index is 13.3. The van der Waals surface area contributed by atoms with Gasteiger partial charge in [-0.2, -0.15) is 0 Å². The first kappa shape index (κ1) is 19.3. The lowest BCUT2D eigenvalue weighted by Gasteiger charge is -2.29. The zero-order valence-electron chi connectivity index (χ0n) is 15.0. The molecule has 0 unspecified atom stereocenters. The smallest absolute Gasteiger partial charge is 0.330 e. The zero-order valence-corrected chi connectivity index (χ0v) is 15.8. The molecule has 3 rings (SSSR count). The molecule has 2 aromatic rings. The summed E-state index contributed by atoms with van der Waals surface area (Å²) >= 11 is 6.07. The molecule has 1 N–H and O–H groups in total. The van der Waals surface area contributed by atoms with Crippen LogP contribution in [0.3, 0.4) is 0 Å². The van der Waals surface area contributed by atoms with Gasteiger partial charge in [0.05, 0.1) is 22.7 Å². The van der Waals surface area contributed by atoms with Crippen molar-refractivity contribution in [2.75, 3.05) is 13.1 Å². The average Bonchev–Trinajstić information content (AvgIpc) is 3.15. The molecule has 0 aliphatic carbocycles. The van der Waals surface area contributed by atoms with Gasteiger partial charge in [-0.05, 0) is 31.2 Å². The fraction of sp³-hybridized carbons (Fsp3) is 0.389. The number of nitrogens with one attached hydrogen (secondary N) is 1. The van der Waals surface area contributed by atoms with Gasteiger partial charge >= 0.3 is 5.69 Å². The first-order valence-electron chi connectivity index (χ1n) is 8.52. The van der Waals surface area contributed by atoms with Crippen LogP contribution in [0.2, 0.25) is 5.02 Å². The fourth-order valence-electron chi connectivity index (χ4n) is 3.26. The van der Waals surface area contributed by atoms with Crippen LogP contribution in [-0.2, 0) is 20.6 Å². The Morgan fingerprint density at radius 3 is 2.74 bits per heavy atom. The number of hydrogen-bond donors (Lipinski definition) is 1. The highest BCUT2D eigenvalue weighted by molar-refractivity contribution is 6.33. The van der Waals surface area contributed by atoms with Crippen LogP contribution in [0.25, 0.3) is 0 Å². The minimum absolute atomic E-state index is 0.0179. The number of hydrogen-bond acceptors (Lipinski definition) is 4. The van der Waals surface area contributed by atoms with Gasteiger partial charge in [-0.15, -0.1) is 0 Å². The van der Waals surface area contributed by atoms with Crippen molar-refractivity contribution in [3.8, 4) is 0 Å².